The smallest absolute Gasteiger partial charge is 0.243 e. The predicted molar refractivity (Wildman–Crippen MR) is 127 cm³/mol. The molecule has 0 bridgehead atoms. The standard InChI is InChI=1S/C19H25FN4OS2.HI/c1-24(2)18(25)14-23-19(22-13-17-5-3-11-27-17)21-10-4-12-26-16-8-6-15(20)7-9-16;/h3,5-9,11H,4,10,12-14H2,1-2H3,(H2,21,22,23);1H. The first-order chi connectivity index (χ1) is 13.0. The molecule has 28 heavy (non-hydrogen) atoms. The Balaban J connectivity index is 0.00000392. The summed E-state index contributed by atoms with van der Waals surface area (Å²) in [6.07, 6.45) is 0.920. The van der Waals surface area contributed by atoms with Crippen molar-refractivity contribution < 1.29 is 9.18 Å². The van der Waals surface area contributed by atoms with Gasteiger partial charge in [0.05, 0.1) is 6.54 Å². The van der Waals surface area contributed by atoms with Gasteiger partial charge in [0, 0.05) is 30.4 Å². The minimum absolute atomic E-state index is 0. The van der Waals surface area contributed by atoms with Gasteiger partial charge in [-0.25, -0.2) is 9.38 Å². The second-order valence-electron chi connectivity index (χ2n) is 5.97. The molecule has 0 aliphatic rings. The Hall–Kier alpha value is -1.33. The van der Waals surface area contributed by atoms with Gasteiger partial charge >= 0.3 is 0 Å². The molecule has 1 heterocycles. The third-order valence-corrected chi connectivity index (χ3v) is 5.55. The van der Waals surface area contributed by atoms with E-state index in [0.29, 0.717) is 12.5 Å². The highest BCUT2D eigenvalue weighted by molar-refractivity contribution is 14.0. The molecule has 0 fully saturated rings. The maximum Gasteiger partial charge on any atom is 0.243 e. The topological polar surface area (TPSA) is 56.7 Å². The van der Waals surface area contributed by atoms with Gasteiger partial charge in [0.2, 0.25) is 5.91 Å². The highest BCUT2D eigenvalue weighted by Crippen LogP contribution is 2.18. The molecular weight excluding hydrogens is 510 g/mol. The summed E-state index contributed by atoms with van der Waals surface area (Å²) in [4.78, 5) is 19.9. The van der Waals surface area contributed by atoms with Crippen molar-refractivity contribution in [1.29, 1.82) is 0 Å². The Morgan fingerprint density at radius 1 is 1.21 bits per heavy atom. The number of halogens is 2. The van der Waals surface area contributed by atoms with Gasteiger partial charge in [-0.05, 0) is 47.9 Å². The van der Waals surface area contributed by atoms with Gasteiger partial charge < -0.3 is 15.5 Å². The Kier molecular flexibility index (Phi) is 12.2. The van der Waals surface area contributed by atoms with Crippen LogP contribution in [0.3, 0.4) is 0 Å². The van der Waals surface area contributed by atoms with E-state index in [1.165, 1.54) is 21.9 Å². The molecule has 1 aromatic carbocycles. The lowest BCUT2D eigenvalue weighted by atomic mass is 10.4. The van der Waals surface area contributed by atoms with Crippen molar-refractivity contribution in [2.45, 2.75) is 17.9 Å². The summed E-state index contributed by atoms with van der Waals surface area (Å²) in [5.41, 5.74) is 0. The number of nitrogens with zero attached hydrogens (tertiary/aromatic N) is 2. The molecule has 2 N–H and O–H groups in total. The Morgan fingerprint density at radius 3 is 2.61 bits per heavy atom. The van der Waals surface area contributed by atoms with Crippen LogP contribution in [0.4, 0.5) is 4.39 Å². The van der Waals surface area contributed by atoms with Gasteiger partial charge in [-0.2, -0.15) is 0 Å². The zero-order chi connectivity index (χ0) is 19.5. The molecule has 0 aliphatic heterocycles. The lowest BCUT2D eigenvalue weighted by Gasteiger charge is -2.13. The van der Waals surface area contributed by atoms with E-state index in [9.17, 15) is 9.18 Å². The van der Waals surface area contributed by atoms with Crippen molar-refractivity contribution in [2.75, 3.05) is 32.9 Å². The van der Waals surface area contributed by atoms with Crippen molar-refractivity contribution in [2.24, 2.45) is 4.99 Å². The van der Waals surface area contributed by atoms with Crippen LogP contribution in [0.2, 0.25) is 0 Å². The van der Waals surface area contributed by atoms with Crippen molar-refractivity contribution in [3.8, 4) is 0 Å². The number of benzene rings is 1. The molecule has 0 aliphatic carbocycles. The van der Waals surface area contributed by atoms with E-state index < -0.39 is 0 Å². The number of hydrogen-bond donors (Lipinski definition) is 2. The van der Waals surface area contributed by atoms with Crippen LogP contribution >= 0.6 is 47.1 Å². The number of thiophene rings is 1. The molecular formula is C19H26FIN4OS2. The third-order valence-electron chi connectivity index (χ3n) is 3.58. The van der Waals surface area contributed by atoms with E-state index in [1.807, 2.05) is 11.4 Å². The molecule has 1 amide bonds. The summed E-state index contributed by atoms with van der Waals surface area (Å²) in [6.45, 7) is 1.52. The largest absolute Gasteiger partial charge is 0.356 e. The molecule has 2 rings (SSSR count). The van der Waals surface area contributed by atoms with E-state index in [2.05, 4.69) is 21.7 Å². The van der Waals surface area contributed by atoms with Crippen molar-refractivity contribution in [3.63, 3.8) is 0 Å². The first kappa shape index (κ1) is 24.7. The molecule has 0 spiro atoms. The van der Waals surface area contributed by atoms with Gasteiger partial charge in [0.25, 0.3) is 0 Å². The van der Waals surface area contributed by atoms with Crippen LogP contribution in [0.15, 0.2) is 51.7 Å². The molecule has 1 aromatic heterocycles. The molecule has 2 aromatic rings. The zero-order valence-electron chi connectivity index (χ0n) is 16.0. The molecule has 0 atom stereocenters. The maximum atomic E-state index is 12.9. The van der Waals surface area contributed by atoms with E-state index in [0.717, 1.165) is 23.6 Å². The fraction of sp³-hybridized carbons (Fsp3) is 0.368. The summed E-state index contributed by atoms with van der Waals surface area (Å²) in [5, 5.41) is 8.56. The highest BCUT2D eigenvalue weighted by Gasteiger charge is 2.05. The van der Waals surface area contributed by atoms with E-state index in [-0.39, 0.29) is 42.2 Å². The van der Waals surface area contributed by atoms with E-state index >= 15 is 0 Å². The number of amides is 1. The summed E-state index contributed by atoms with van der Waals surface area (Å²) >= 11 is 3.36. The first-order valence-corrected chi connectivity index (χ1v) is 10.5. The number of nitrogens with one attached hydrogen (secondary N) is 2. The quantitative estimate of drug-likeness (QED) is 0.168. The molecule has 0 saturated carbocycles. The van der Waals surface area contributed by atoms with Gasteiger partial charge in [-0.15, -0.1) is 47.1 Å². The van der Waals surface area contributed by atoms with Crippen molar-refractivity contribution >= 4 is 58.9 Å². The number of hydrogen-bond acceptors (Lipinski definition) is 4. The minimum Gasteiger partial charge on any atom is -0.356 e. The minimum atomic E-state index is -0.217. The Bertz CT molecular complexity index is 724. The van der Waals surface area contributed by atoms with E-state index in [4.69, 9.17) is 0 Å². The number of carbonyl (C=O) groups is 1. The molecule has 0 radical (unpaired) electrons. The lowest BCUT2D eigenvalue weighted by Crippen LogP contribution is -2.38. The zero-order valence-corrected chi connectivity index (χ0v) is 19.9. The second-order valence-corrected chi connectivity index (χ2v) is 8.17. The summed E-state index contributed by atoms with van der Waals surface area (Å²) in [6, 6.07) is 10.6. The van der Waals surface area contributed by atoms with Crippen molar-refractivity contribution in [3.05, 3.63) is 52.5 Å². The SMILES string of the molecule is CN(C)C(=O)CN=C(NCCCSc1ccc(F)cc1)NCc1cccs1.I. The van der Waals surface area contributed by atoms with Crippen molar-refractivity contribution in [1.82, 2.24) is 15.5 Å². The molecule has 5 nitrogen and oxygen atoms in total. The Morgan fingerprint density at radius 2 is 1.96 bits per heavy atom. The number of guanidine groups is 1. The summed E-state index contributed by atoms with van der Waals surface area (Å²) in [7, 11) is 3.44. The van der Waals surface area contributed by atoms with Crippen LogP contribution in [-0.4, -0.2) is 49.7 Å². The van der Waals surface area contributed by atoms with Crippen LogP contribution in [-0.2, 0) is 11.3 Å². The maximum absolute atomic E-state index is 12.9. The summed E-state index contributed by atoms with van der Waals surface area (Å²) < 4.78 is 12.9. The van der Waals surface area contributed by atoms with Crippen LogP contribution in [0.1, 0.15) is 11.3 Å². The van der Waals surface area contributed by atoms with Gasteiger partial charge in [-0.1, -0.05) is 6.07 Å². The van der Waals surface area contributed by atoms with Crippen LogP contribution in [0.5, 0.6) is 0 Å². The average molecular weight is 536 g/mol. The number of rotatable bonds is 9. The fourth-order valence-corrected chi connectivity index (χ4v) is 3.54. The number of thioether (sulfide) groups is 1. The van der Waals surface area contributed by atoms with E-state index in [1.54, 1.807) is 49.3 Å². The monoisotopic (exact) mass is 536 g/mol. The second kappa shape index (κ2) is 13.8. The average Bonchev–Trinajstić information content (AvgIpc) is 3.17. The first-order valence-electron chi connectivity index (χ1n) is 8.67. The van der Waals surface area contributed by atoms with Gasteiger partial charge in [-0.3, -0.25) is 4.79 Å². The lowest BCUT2D eigenvalue weighted by molar-refractivity contribution is -0.127. The predicted octanol–water partition coefficient (Wildman–Crippen LogP) is 3.81. The van der Waals surface area contributed by atoms with Crippen LogP contribution < -0.4 is 10.6 Å². The molecule has 0 unspecified atom stereocenters. The number of aliphatic imine (C=N–C) groups is 1. The highest BCUT2D eigenvalue weighted by atomic mass is 127. The normalized spacial score (nSPS) is 10.9. The number of carbonyl (C=O) groups excluding carboxylic acids is 1. The van der Waals surface area contributed by atoms with Gasteiger partial charge in [0.1, 0.15) is 12.4 Å². The molecule has 154 valence electrons. The fourth-order valence-electron chi connectivity index (χ4n) is 2.05. The summed E-state index contributed by atoms with van der Waals surface area (Å²) in [5.74, 6) is 1.28. The van der Waals surface area contributed by atoms with Crippen LogP contribution in [0, 0.1) is 5.82 Å². The molecule has 0 saturated heterocycles. The van der Waals surface area contributed by atoms with Gasteiger partial charge in [0.15, 0.2) is 5.96 Å². The molecule has 9 heteroatoms. The number of likely N-dealkylation sites (N-methyl/N-ethyl adjacent to an activating group) is 1. The third kappa shape index (κ3) is 9.74. The Labute approximate surface area is 191 Å². The van der Waals surface area contributed by atoms with Crippen LogP contribution in [0.25, 0.3) is 0 Å².